The molecule has 0 aromatic carbocycles. The molecule has 3 nitrogen and oxygen atoms in total. The first kappa shape index (κ1) is 13.1. The smallest absolute Gasteiger partial charge is 0.318 e. The summed E-state index contributed by atoms with van der Waals surface area (Å²) in [6.07, 6.45) is 6.93. The molecule has 0 spiro atoms. The number of piperidine rings is 1. The van der Waals surface area contributed by atoms with Gasteiger partial charge in [0.25, 0.3) is 0 Å². The van der Waals surface area contributed by atoms with Gasteiger partial charge in [0, 0.05) is 22.9 Å². The second-order valence-electron chi connectivity index (χ2n) is 6.30. The second kappa shape index (κ2) is 4.71. The van der Waals surface area contributed by atoms with Gasteiger partial charge < -0.3 is 10.2 Å². The van der Waals surface area contributed by atoms with Gasteiger partial charge in [0.1, 0.15) is 0 Å². The third kappa shape index (κ3) is 2.90. The fourth-order valence-electron chi connectivity index (χ4n) is 3.04. The molecule has 1 N–H and O–H groups in total. The number of amides is 2. The van der Waals surface area contributed by atoms with Crippen molar-refractivity contribution in [3.05, 3.63) is 0 Å². The van der Waals surface area contributed by atoms with Gasteiger partial charge in [-0.3, -0.25) is 0 Å². The zero-order valence-electron chi connectivity index (χ0n) is 11.3. The number of nitrogens with one attached hydrogen (secondary N) is 1. The molecule has 0 aromatic rings. The Hall–Kier alpha value is -0.380. The molecule has 0 radical (unpaired) electrons. The molecule has 2 fully saturated rings. The molecule has 2 unspecified atom stereocenters. The van der Waals surface area contributed by atoms with Crippen LogP contribution in [0.1, 0.15) is 46.5 Å². The van der Waals surface area contributed by atoms with Crippen molar-refractivity contribution in [3.63, 3.8) is 0 Å². The first-order valence-electron chi connectivity index (χ1n) is 6.54. The zero-order valence-corrected chi connectivity index (χ0v) is 12.1. The highest BCUT2D eigenvalue weighted by Gasteiger charge is 2.43. The van der Waals surface area contributed by atoms with Crippen LogP contribution in [0.25, 0.3) is 0 Å². The predicted octanol–water partition coefficient (Wildman–Crippen LogP) is 2.85. The minimum absolute atomic E-state index is 0.132. The molecule has 0 aliphatic carbocycles. The highest BCUT2D eigenvalue weighted by atomic mass is 32.2. The lowest BCUT2D eigenvalue weighted by molar-refractivity contribution is 0.142. The molecular formula is C13H24N2OS. The molecule has 2 aliphatic heterocycles. The molecule has 17 heavy (non-hydrogen) atoms. The number of hydrogen-bond acceptors (Lipinski definition) is 2. The van der Waals surface area contributed by atoms with Crippen LogP contribution < -0.4 is 5.32 Å². The minimum Gasteiger partial charge on any atom is -0.333 e. The second-order valence-corrected chi connectivity index (χ2v) is 7.44. The van der Waals surface area contributed by atoms with Crippen molar-refractivity contribution >= 4 is 17.8 Å². The fourth-order valence-corrected chi connectivity index (χ4v) is 3.87. The van der Waals surface area contributed by atoms with Crippen molar-refractivity contribution < 1.29 is 4.79 Å². The highest BCUT2D eigenvalue weighted by molar-refractivity contribution is 7.99. The van der Waals surface area contributed by atoms with E-state index >= 15 is 0 Å². The monoisotopic (exact) mass is 256 g/mol. The molecule has 4 heteroatoms. The van der Waals surface area contributed by atoms with Gasteiger partial charge in [-0.25, -0.2) is 4.79 Å². The van der Waals surface area contributed by atoms with E-state index in [0.29, 0.717) is 12.1 Å². The number of fused-ring (bicyclic) bond motifs is 2. The predicted molar refractivity (Wildman–Crippen MR) is 73.5 cm³/mol. The number of nitrogens with zero attached hydrogens (tertiary/aromatic N) is 1. The maximum atomic E-state index is 12.3. The van der Waals surface area contributed by atoms with Crippen molar-refractivity contribution in [2.75, 3.05) is 6.26 Å². The summed E-state index contributed by atoms with van der Waals surface area (Å²) in [6.45, 7) is 6.13. The SMILES string of the molecule is CSC1CC2CCC(C1)N2C(=O)NC(C)(C)C. The van der Waals surface area contributed by atoms with Crippen LogP contribution in [-0.2, 0) is 0 Å². The van der Waals surface area contributed by atoms with Gasteiger partial charge in [0.15, 0.2) is 0 Å². The Balaban J connectivity index is 2.01. The number of thioether (sulfide) groups is 1. The van der Waals surface area contributed by atoms with E-state index in [1.165, 1.54) is 25.7 Å². The van der Waals surface area contributed by atoms with Crippen LogP contribution in [0.4, 0.5) is 4.79 Å². The molecular weight excluding hydrogens is 232 g/mol. The summed E-state index contributed by atoms with van der Waals surface area (Å²) in [4.78, 5) is 14.4. The maximum Gasteiger partial charge on any atom is 0.318 e. The Morgan fingerprint density at radius 1 is 1.24 bits per heavy atom. The van der Waals surface area contributed by atoms with E-state index in [-0.39, 0.29) is 11.6 Å². The van der Waals surface area contributed by atoms with Gasteiger partial charge in [-0.1, -0.05) is 0 Å². The minimum atomic E-state index is -0.132. The van der Waals surface area contributed by atoms with Gasteiger partial charge in [-0.2, -0.15) is 11.8 Å². The summed E-state index contributed by atoms with van der Waals surface area (Å²) in [6, 6.07) is 1.10. The molecule has 2 bridgehead atoms. The standard InChI is InChI=1S/C13H24N2OS/c1-13(2,3)14-12(16)15-9-5-6-10(15)8-11(7-9)17-4/h9-11H,5-8H2,1-4H3,(H,14,16). The first-order valence-corrected chi connectivity index (χ1v) is 7.83. The van der Waals surface area contributed by atoms with Gasteiger partial charge in [0.05, 0.1) is 0 Å². The molecule has 2 amide bonds. The normalized spacial score (nSPS) is 32.7. The Labute approximate surface area is 109 Å². The Bertz CT molecular complexity index is 286. The molecule has 98 valence electrons. The molecule has 2 aliphatic rings. The Morgan fingerprint density at radius 3 is 2.18 bits per heavy atom. The van der Waals surface area contributed by atoms with Gasteiger partial charge in [0.2, 0.25) is 0 Å². The summed E-state index contributed by atoms with van der Waals surface area (Å²) in [7, 11) is 0. The van der Waals surface area contributed by atoms with Crippen molar-refractivity contribution in [1.29, 1.82) is 0 Å². The summed E-state index contributed by atoms with van der Waals surface area (Å²) >= 11 is 1.96. The van der Waals surface area contributed by atoms with Crippen LogP contribution in [0.5, 0.6) is 0 Å². The van der Waals surface area contributed by atoms with E-state index < -0.39 is 0 Å². The van der Waals surface area contributed by atoms with Crippen LogP contribution >= 0.6 is 11.8 Å². The molecule has 2 atom stereocenters. The largest absolute Gasteiger partial charge is 0.333 e. The van der Waals surface area contributed by atoms with E-state index in [0.717, 1.165) is 5.25 Å². The molecule has 2 rings (SSSR count). The molecule has 0 aromatic heterocycles. The topological polar surface area (TPSA) is 32.3 Å². The van der Waals surface area contributed by atoms with Crippen LogP contribution in [0.15, 0.2) is 0 Å². The van der Waals surface area contributed by atoms with E-state index in [9.17, 15) is 4.79 Å². The maximum absolute atomic E-state index is 12.3. The number of rotatable bonds is 1. The Morgan fingerprint density at radius 2 is 1.76 bits per heavy atom. The van der Waals surface area contributed by atoms with Crippen LogP contribution in [0.3, 0.4) is 0 Å². The Kier molecular flexibility index (Phi) is 3.62. The zero-order chi connectivity index (χ0) is 12.6. The first-order chi connectivity index (χ1) is 7.90. The molecule has 2 saturated heterocycles. The van der Waals surface area contributed by atoms with Crippen LogP contribution in [0.2, 0.25) is 0 Å². The number of carbonyl (C=O) groups excluding carboxylic acids is 1. The number of hydrogen-bond donors (Lipinski definition) is 1. The summed E-state index contributed by atoms with van der Waals surface area (Å²) < 4.78 is 0. The lowest BCUT2D eigenvalue weighted by atomic mass is 10.0. The van der Waals surface area contributed by atoms with E-state index in [1.54, 1.807) is 0 Å². The number of urea groups is 1. The van der Waals surface area contributed by atoms with E-state index in [2.05, 4.69) is 16.5 Å². The van der Waals surface area contributed by atoms with Gasteiger partial charge >= 0.3 is 6.03 Å². The molecule has 0 saturated carbocycles. The van der Waals surface area contributed by atoms with Crippen molar-refractivity contribution in [3.8, 4) is 0 Å². The van der Waals surface area contributed by atoms with Crippen molar-refractivity contribution in [2.45, 2.75) is 69.3 Å². The van der Waals surface area contributed by atoms with Crippen molar-refractivity contribution in [1.82, 2.24) is 10.2 Å². The average molecular weight is 256 g/mol. The van der Waals surface area contributed by atoms with Gasteiger partial charge in [-0.15, -0.1) is 0 Å². The lowest BCUT2D eigenvalue weighted by Gasteiger charge is -2.39. The summed E-state index contributed by atoms with van der Waals surface area (Å²) in [5, 5.41) is 3.86. The van der Waals surface area contributed by atoms with E-state index in [1.807, 2.05) is 32.5 Å². The highest BCUT2D eigenvalue weighted by Crippen LogP contribution is 2.39. The fraction of sp³-hybridized carbons (Fsp3) is 0.923. The molecule has 2 heterocycles. The van der Waals surface area contributed by atoms with E-state index in [4.69, 9.17) is 0 Å². The third-order valence-electron chi connectivity index (χ3n) is 3.74. The van der Waals surface area contributed by atoms with Gasteiger partial charge in [-0.05, 0) is 52.7 Å². The summed E-state index contributed by atoms with van der Waals surface area (Å²) in [5.74, 6) is 0. The van der Waals surface area contributed by atoms with Crippen molar-refractivity contribution in [2.24, 2.45) is 0 Å². The quantitative estimate of drug-likeness (QED) is 0.782. The van der Waals surface area contributed by atoms with Crippen LogP contribution in [0, 0.1) is 0 Å². The average Bonchev–Trinajstić information content (AvgIpc) is 2.47. The summed E-state index contributed by atoms with van der Waals surface area (Å²) in [5.41, 5.74) is -0.132. The lowest BCUT2D eigenvalue weighted by Crippen LogP contribution is -2.55. The third-order valence-corrected chi connectivity index (χ3v) is 4.79. The van der Waals surface area contributed by atoms with Crippen LogP contribution in [-0.4, -0.2) is 40.1 Å². The number of carbonyl (C=O) groups is 1.